The maximum atomic E-state index is 9.88. The summed E-state index contributed by atoms with van der Waals surface area (Å²) in [6.07, 6.45) is 0. The molecule has 0 aromatic heterocycles. The molecular weight excluding hydrogens is 162 g/mol. The number of aromatic hydroxyl groups is 1. The first-order valence-electron chi connectivity index (χ1n) is 3.23. The molecule has 0 saturated heterocycles. The molecule has 0 fully saturated rings. The van der Waals surface area contributed by atoms with Crippen molar-refractivity contribution in [2.75, 3.05) is 6.73 Å². The van der Waals surface area contributed by atoms with E-state index in [-0.39, 0.29) is 11.5 Å². The first kappa shape index (κ1) is 8.32. The van der Waals surface area contributed by atoms with Crippen LogP contribution >= 0.6 is 0 Å². The fourth-order valence-corrected chi connectivity index (χ4v) is 0.701. The zero-order valence-electron chi connectivity index (χ0n) is 6.14. The van der Waals surface area contributed by atoms with Crippen LogP contribution in [0.3, 0.4) is 0 Å². The number of benzene rings is 1. The van der Waals surface area contributed by atoms with Crippen LogP contribution in [0, 0.1) is 10.1 Å². The van der Waals surface area contributed by atoms with Crippen LogP contribution in [0.25, 0.3) is 0 Å². The van der Waals surface area contributed by atoms with Gasteiger partial charge in [0.25, 0.3) is 0 Å². The van der Waals surface area contributed by atoms with Gasteiger partial charge in [0, 0.05) is 0 Å². The van der Waals surface area contributed by atoms with Crippen molar-refractivity contribution in [3.05, 3.63) is 34.4 Å². The molecule has 0 radical (unpaired) electrons. The van der Waals surface area contributed by atoms with E-state index in [9.17, 15) is 10.1 Å². The van der Waals surface area contributed by atoms with Crippen LogP contribution in [0.1, 0.15) is 0 Å². The quantitative estimate of drug-likeness (QED) is 0.416. The van der Waals surface area contributed by atoms with E-state index in [2.05, 4.69) is 4.74 Å². The molecule has 0 aliphatic rings. The Kier molecular flexibility index (Phi) is 2.47. The van der Waals surface area contributed by atoms with Gasteiger partial charge in [-0.3, -0.25) is 10.1 Å². The van der Waals surface area contributed by atoms with Crippen molar-refractivity contribution in [3.8, 4) is 11.5 Å². The number of hydrogen-bond acceptors (Lipinski definition) is 4. The molecular formula is C7H7NO4. The summed E-state index contributed by atoms with van der Waals surface area (Å²) in [5.74, 6) is 0.0218. The molecule has 5 nitrogen and oxygen atoms in total. The Morgan fingerprint density at radius 1 is 1.50 bits per heavy atom. The monoisotopic (exact) mass is 169 g/mol. The highest BCUT2D eigenvalue weighted by Gasteiger charge is 2.02. The zero-order chi connectivity index (χ0) is 8.97. The molecule has 12 heavy (non-hydrogen) atoms. The Labute approximate surface area is 68.4 Å². The second-order valence-corrected chi connectivity index (χ2v) is 2.07. The molecule has 64 valence electrons. The van der Waals surface area contributed by atoms with Gasteiger partial charge in [0.05, 0.1) is 4.92 Å². The van der Waals surface area contributed by atoms with Crippen LogP contribution in [0.15, 0.2) is 24.3 Å². The Balaban J connectivity index is 2.63. The lowest BCUT2D eigenvalue weighted by atomic mass is 10.3. The van der Waals surface area contributed by atoms with Crippen molar-refractivity contribution in [1.82, 2.24) is 0 Å². The second kappa shape index (κ2) is 3.56. The largest absolute Gasteiger partial charge is 0.504 e. The molecule has 0 amide bonds. The molecule has 1 aromatic rings. The minimum Gasteiger partial charge on any atom is -0.504 e. The Morgan fingerprint density at radius 2 is 2.17 bits per heavy atom. The third-order valence-electron chi connectivity index (χ3n) is 1.19. The summed E-state index contributed by atoms with van der Waals surface area (Å²) in [4.78, 5) is 9.26. The highest BCUT2D eigenvalue weighted by Crippen LogP contribution is 2.23. The summed E-state index contributed by atoms with van der Waals surface area (Å²) in [7, 11) is 0. The number of para-hydroxylation sites is 2. The van der Waals surface area contributed by atoms with Crippen LogP contribution < -0.4 is 4.74 Å². The molecule has 0 heterocycles. The molecule has 0 unspecified atom stereocenters. The summed E-state index contributed by atoms with van der Waals surface area (Å²) in [6, 6.07) is 6.08. The lowest BCUT2D eigenvalue weighted by Crippen LogP contribution is -2.07. The van der Waals surface area contributed by atoms with Gasteiger partial charge in [-0.15, -0.1) is 0 Å². The minimum absolute atomic E-state index is 0.0978. The number of nitro groups is 1. The molecule has 0 spiro atoms. The van der Waals surface area contributed by atoms with E-state index >= 15 is 0 Å². The average molecular weight is 169 g/mol. The highest BCUT2D eigenvalue weighted by molar-refractivity contribution is 5.37. The smallest absolute Gasteiger partial charge is 0.344 e. The highest BCUT2D eigenvalue weighted by atomic mass is 16.7. The summed E-state index contributed by atoms with van der Waals surface area (Å²) < 4.78 is 4.65. The number of rotatable bonds is 3. The van der Waals surface area contributed by atoms with Gasteiger partial charge in [-0.05, 0) is 12.1 Å². The van der Waals surface area contributed by atoms with E-state index < -0.39 is 11.7 Å². The van der Waals surface area contributed by atoms with Gasteiger partial charge in [-0.25, -0.2) is 0 Å². The second-order valence-electron chi connectivity index (χ2n) is 2.07. The maximum absolute atomic E-state index is 9.88. The van der Waals surface area contributed by atoms with Gasteiger partial charge < -0.3 is 9.84 Å². The van der Waals surface area contributed by atoms with Gasteiger partial charge >= 0.3 is 6.73 Å². The normalized spacial score (nSPS) is 9.33. The molecule has 0 aliphatic carbocycles. The molecule has 1 rings (SSSR count). The molecule has 5 heteroatoms. The SMILES string of the molecule is O=[N+]([O-])COc1ccccc1O. The Morgan fingerprint density at radius 3 is 2.75 bits per heavy atom. The lowest BCUT2D eigenvalue weighted by molar-refractivity contribution is -0.514. The van der Waals surface area contributed by atoms with Crippen LogP contribution in [-0.2, 0) is 0 Å². The van der Waals surface area contributed by atoms with Crippen LogP contribution in [0.5, 0.6) is 11.5 Å². The van der Waals surface area contributed by atoms with Crippen LogP contribution in [0.2, 0.25) is 0 Å². The standard InChI is InChI=1S/C7H7NO4/c9-6-3-1-2-4-7(6)12-5-8(10)11/h1-4,9H,5H2. The number of phenols is 1. The predicted octanol–water partition coefficient (Wildman–Crippen LogP) is 1.01. The number of nitrogens with zero attached hydrogens (tertiary/aromatic N) is 1. The fraction of sp³-hybridized carbons (Fsp3) is 0.143. The summed E-state index contributed by atoms with van der Waals surface area (Å²) in [5, 5.41) is 19.0. The number of ether oxygens (including phenoxy) is 1. The molecule has 0 atom stereocenters. The van der Waals surface area contributed by atoms with E-state index in [4.69, 9.17) is 5.11 Å². The molecule has 1 N–H and O–H groups in total. The molecule has 0 aliphatic heterocycles. The van der Waals surface area contributed by atoms with E-state index in [0.717, 1.165) is 0 Å². The Bertz CT molecular complexity index is 286. The van der Waals surface area contributed by atoms with E-state index in [1.165, 1.54) is 12.1 Å². The molecule has 1 aromatic carbocycles. The van der Waals surface area contributed by atoms with Gasteiger partial charge in [0.15, 0.2) is 11.5 Å². The van der Waals surface area contributed by atoms with Crippen molar-refractivity contribution in [1.29, 1.82) is 0 Å². The number of phenolic OH excluding ortho intramolecular Hbond substituents is 1. The Hall–Kier alpha value is -1.78. The van der Waals surface area contributed by atoms with Gasteiger partial charge in [-0.2, -0.15) is 0 Å². The predicted molar refractivity (Wildman–Crippen MR) is 40.6 cm³/mol. The summed E-state index contributed by atoms with van der Waals surface area (Å²) in [5.41, 5.74) is 0. The first-order chi connectivity index (χ1) is 5.70. The number of hydrogen-bond donors (Lipinski definition) is 1. The molecule has 0 saturated carbocycles. The van der Waals surface area contributed by atoms with Crippen molar-refractivity contribution in [2.45, 2.75) is 0 Å². The topological polar surface area (TPSA) is 72.6 Å². The average Bonchev–Trinajstić information content (AvgIpc) is 2.03. The van der Waals surface area contributed by atoms with Crippen LogP contribution in [0.4, 0.5) is 0 Å². The van der Waals surface area contributed by atoms with Gasteiger partial charge in [0.1, 0.15) is 0 Å². The summed E-state index contributed by atoms with van der Waals surface area (Å²) in [6.45, 7) is -0.641. The zero-order valence-corrected chi connectivity index (χ0v) is 6.14. The minimum atomic E-state index is -0.641. The van der Waals surface area contributed by atoms with Gasteiger partial charge in [-0.1, -0.05) is 12.1 Å². The third-order valence-corrected chi connectivity index (χ3v) is 1.19. The summed E-state index contributed by atoms with van der Waals surface area (Å²) >= 11 is 0. The maximum Gasteiger partial charge on any atom is 0.344 e. The van der Waals surface area contributed by atoms with E-state index in [1.54, 1.807) is 12.1 Å². The van der Waals surface area contributed by atoms with Gasteiger partial charge in [0.2, 0.25) is 0 Å². The lowest BCUT2D eigenvalue weighted by Gasteiger charge is -2.01. The van der Waals surface area contributed by atoms with Crippen molar-refractivity contribution in [2.24, 2.45) is 0 Å². The van der Waals surface area contributed by atoms with Crippen LogP contribution in [-0.4, -0.2) is 16.8 Å². The van der Waals surface area contributed by atoms with E-state index in [0.29, 0.717) is 0 Å². The molecule has 0 bridgehead atoms. The fourth-order valence-electron chi connectivity index (χ4n) is 0.701. The van der Waals surface area contributed by atoms with Crippen molar-refractivity contribution < 1.29 is 14.8 Å². The first-order valence-corrected chi connectivity index (χ1v) is 3.23. The third kappa shape index (κ3) is 2.12. The van der Waals surface area contributed by atoms with Crippen molar-refractivity contribution in [3.63, 3.8) is 0 Å². The van der Waals surface area contributed by atoms with E-state index in [1.807, 2.05) is 0 Å². The van der Waals surface area contributed by atoms with Crippen molar-refractivity contribution >= 4 is 0 Å².